The van der Waals surface area contributed by atoms with Gasteiger partial charge in [-0.25, -0.2) is 0 Å². The van der Waals surface area contributed by atoms with E-state index in [-0.39, 0.29) is 23.5 Å². The van der Waals surface area contributed by atoms with Gasteiger partial charge in [0.2, 0.25) is 0 Å². The average Bonchev–Trinajstić information content (AvgIpc) is 2.67. The lowest BCUT2D eigenvalue weighted by molar-refractivity contribution is -0.385. The third kappa shape index (κ3) is 3.67. The minimum absolute atomic E-state index is 0.0728. The van der Waals surface area contributed by atoms with Crippen LogP contribution in [0.5, 0.6) is 0 Å². The summed E-state index contributed by atoms with van der Waals surface area (Å²) in [7, 11) is 0. The van der Waals surface area contributed by atoms with Crippen LogP contribution in [0.15, 0.2) is 67.0 Å². The summed E-state index contributed by atoms with van der Waals surface area (Å²) in [6, 6.07) is 15.6. The second-order valence-electron chi connectivity index (χ2n) is 5.62. The predicted octanol–water partition coefficient (Wildman–Crippen LogP) is 3.17. The summed E-state index contributed by atoms with van der Waals surface area (Å²) in [6.45, 7) is 0.234. The summed E-state index contributed by atoms with van der Waals surface area (Å²) in [5.41, 5.74) is 8.25. The second-order valence-corrected chi connectivity index (χ2v) is 5.62. The van der Waals surface area contributed by atoms with Crippen molar-refractivity contribution >= 4 is 17.3 Å². The first kappa shape index (κ1) is 17.1. The highest BCUT2D eigenvalue weighted by Crippen LogP contribution is 2.24. The molecule has 7 nitrogen and oxygen atoms in total. The van der Waals surface area contributed by atoms with Crippen molar-refractivity contribution in [2.24, 2.45) is 0 Å². The van der Waals surface area contributed by atoms with Crippen LogP contribution in [0.3, 0.4) is 0 Å². The van der Waals surface area contributed by atoms with Gasteiger partial charge in [-0.15, -0.1) is 0 Å². The second kappa shape index (κ2) is 7.43. The van der Waals surface area contributed by atoms with Gasteiger partial charge in [0, 0.05) is 25.0 Å². The van der Waals surface area contributed by atoms with Crippen LogP contribution in [0.1, 0.15) is 15.9 Å². The van der Waals surface area contributed by atoms with Gasteiger partial charge in [0.15, 0.2) is 0 Å². The Hall–Kier alpha value is -3.74. The van der Waals surface area contributed by atoms with E-state index in [1.54, 1.807) is 12.4 Å². The number of anilines is 1. The summed E-state index contributed by atoms with van der Waals surface area (Å²) < 4.78 is 0. The van der Waals surface area contributed by atoms with E-state index in [0.717, 1.165) is 16.7 Å². The van der Waals surface area contributed by atoms with Crippen LogP contribution >= 0.6 is 0 Å². The van der Waals surface area contributed by atoms with E-state index in [0.29, 0.717) is 0 Å². The molecule has 1 aromatic heterocycles. The first-order chi connectivity index (χ1) is 12.6. The number of aromatic nitrogens is 1. The Balaban J connectivity index is 1.72. The van der Waals surface area contributed by atoms with Gasteiger partial charge in [-0.3, -0.25) is 19.9 Å². The average molecular weight is 348 g/mol. The number of benzene rings is 2. The minimum atomic E-state index is -0.617. The van der Waals surface area contributed by atoms with Crippen LogP contribution in [0.2, 0.25) is 0 Å². The number of nitrogen functional groups attached to an aromatic ring is 1. The third-order valence-electron chi connectivity index (χ3n) is 3.90. The standard InChI is InChI=1S/C19H16N4O3/c20-16-4-1-5-17(23(25)26)18(16)19(24)22-11-13-6-8-14(9-7-13)15-3-2-10-21-12-15/h1-10,12H,11,20H2,(H,22,24). The van der Waals surface area contributed by atoms with Crippen molar-refractivity contribution in [1.29, 1.82) is 0 Å². The molecular weight excluding hydrogens is 332 g/mol. The molecular formula is C19H16N4O3. The molecule has 0 unspecified atom stereocenters. The molecule has 3 rings (SSSR count). The maximum Gasteiger partial charge on any atom is 0.284 e. The summed E-state index contributed by atoms with van der Waals surface area (Å²) >= 11 is 0. The molecule has 0 aliphatic heterocycles. The van der Waals surface area contributed by atoms with Gasteiger partial charge >= 0.3 is 0 Å². The molecule has 0 radical (unpaired) electrons. The third-order valence-corrected chi connectivity index (χ3v) is 3.90. The highest BCUT2D eigenvalue weighted by atomic mass is 16.6. The number of amides is 1. The van der Waals surface area contributed by atoms with E-state index in [1.807, 2.05) is 36.4 Å². The van der Waals surface area contributed by atoms with Gasteiger partial charge in [-0.1, -0.05) is 36.4 Å². The molecule has 3 N–H and O–H groups in total. The molecule has 0 aliphatic rings. The fraction of sp³-hybridized carbons (Fsp3) is 0.0526. The summed E-state index contributed by atoms with van der Waals surface area (Å²) in [5, 5.41) is 13.8. The molecule has 7 heteroatoms. The molecule has 26 heavy (non-hydrogen) atoms. The SMILES string of the molecule is Nc1cccc([N+](=O)[O-])c1C(=O)NCc1ccc(-c2cccnc2)cc1. The topological polar surface area (TPSA) is 111 Å². The molecule has 3 aromatic rings. The molecule has 0 fully saturated rings. The number of nitro benzene ring substituents is 1. The van der Waals surface area contributed by atoms with Crippen LogP contribution in [0.4, 0.5) is 11.4 Å². The van der Waals surface area contributed by atoms with E-state index < -0.39 is 10.8 Å². The number of nitrogens with one attached hydrogen (secondary N) is 1. The zero-order chi connectivity index (χ0) is 18.5. The molecule has 0 bridgehead atoms. The van der Waals surface area contributed by atoms with Crippen LogP contribution < -0.4 is 11.1 Å². The van der Waals surface area contributed by atoms with Crippen molar-refractivity contribution in [2.45, 2.75) is 6.54 Å². The van der Waals surface area contributed by atoms with Gasteiger partial charge < -0.3 is 11.1 Å². The lowest BCUT2D eigenvalue weighted by Gasteiger charge is -2.09. The maximum absolute atomic E-state index is 12.3. The highest BCUT2D eigenvalue weighted by Gasteiger charge is 2.22. The Morgan fingerprint density at radius 3 is 2.50 bits per heavy atom. The molecule has 2 aromatic carbocycles. The highest BCUT2D eigenvalue weighted by molar-refractivity contribution is 6.03. The van der Waals surface area contributed by atoms with Crippen molar-refractivity contribution < 1.29 is 9.72 Å². The lowest BCUT2D eigenvalue weighted by atomic mass is 10.1. The number of carbonyl (C=O) groups is 1. The minimum Gasteiger partial charge on any atom is -0.398 e. The predicted molar refractivity (Wildman–Crippen MR) is 98.4 cm³/mol. The first-order valence-electron chi connectivity index (χ1n) is 7.86. The first-order valence-corrected chi connectivity index (χ1v) is 7.86. The van der Waals surface area contributed by atoms with Crippen LogP contribution in [0, 0.1) is 10.1 Å². The zero-order valence-electron chi connectivity index (χ0n) is 13.8. The molecule has 130 valence electrons. The van der Waals surface area contributed by atoms with Gasteiger partial charge in [0.25, 0.3) is 11.6 Å². The van der Waals surface area contributed by atoms with Crippen LogP contribution in [-0.4, -0.2) is 15.8 Å². The Kier molecular flexibility index (Phi) is 4.89. The van der Waals surface area contributed by atoms with Crippen molar-refractivity contribution in [3.8, 4) is 11.1 Å². The summed E-state index contributed by atoms with van der Waals surface area (Å²) in [4.78, 5) is 26.9. The fourth-order valence-corrected chi connectivity index (χ4v) is 2.58. The number of hydrogen-bond acceptors (Lipinski definition) is 5. The molecule has 0 atom stereocenters. The molecule has 1 heterocycles. The normalized spacial score (nSPS) is 10.3. The van der Waals surface area contributed by atoms with Crippen LogP contribution in [-0.2, 0) is 6.54 Å². The largest absolute Gasteiger partial charge is 0.398 e. The smallest absolute Gasteiger partial charge is 0.284 e. The van der Waals surface area contributed by atoms with Crippen molar-refractivity contribution in [3.05, 3.63) is 88.2 Å². The fourth-order valence-electron chi connectivity index (χ4n) is 2.58. The number of nitrogens with two attached hydrogens (primary N) is 1. The van der Waals surface area contributed by atoms with E-state index >= 15 is 0 Å². The Labute approximate surface area is 149 Å². The molecule has 0 spiro atoms. The van der Waals surface area contributed by atoms with E-state index in [1.165, 1.54) is 18.2 Å². The lowest BCUT2D eigenvalue weighted by Crippen LogP contribution is -2.24. The van der Waals surface area contributed by atoms with E-state index in [2.05, 4.69) is 10.3 Å². The number of rotatable bonds is 5. The van der Waals surface area contributed by atoms with Gasteiger partial charge in [0.05, 0.1) is 10.6 Å². The molecule has 0 aliphatic carbocycles. The van der Waals surface area contributed by atoms with Crippen LogP contribution in [0.25, 0.3) is 11.1 Å². The van der Waals surface area contributed by atoms with Crippen molar-refractivity contribution in [3.63, 3.8) is 0 Å². The Morgan fingerprint density at radius 1 is 1.08 bits per heavy atom. The Morgan fingerprint density at radius 2 is 1.85 bits per heavy atom. The number of nitro groups is 1. The number of hydrogen-bond donors (Lipinski definition) is 2. The van der Waals surface area contributed by atoms with Gasteiger partial charge in [0.1, 0.15) is 5.56 Å². The van der Waals surface area contributed by atoms with Gasteiger partial charge in [-0.05, 0) is 28.8 Å². The quantitative estimate of drug-likeness (QED) is 0.418. The van der Waals surface area contributed by atoms with Gasteiger partial charge in [-0.2, -0.15) is 0 Å². The molecule has 1 amide bonds. The van der Waals surface area contributed by atoms with Crippen molar-refractivity contribution in [1.82, 2.24) is 10.3 Å². The summed E-state index contributed by atoms with van der Waals surface area (Å²) in [6.07, 6.45) is 3.48. The van der Waals surface area contributed by atoms with E-state index in [9.17, 15) is 14.9 Å². The Bertz CT molecular complexity index is 941. The van der Waals surface area contributed by atoms with Crippen molar-refractivity contribution in [2.75, 3.05) is 5.73 Å². The number of pyridine rings is 1. The zero-order valence-corrected chi connectivity index (χ0v) is 13.8. The number of nitrogens with zero attached hydrogens (tertiary/aromatic N) is 2. The molecule has 0 saturated heterocycles. The number of carbonyl (C=O) groups excluding carboxylic acids is 1. The molecule has 0 saturated carbocycles. The maximum atomic E-state index is 12.3. The summed E-state index contributed by atoms with van der Waals surface area (Å²) in [5.74, 6) is -0.578. The van der Waals surface area contributed by atoms with E-state index in [4.69, 9.17) is 5.73 Å². The monoisotopic (exact) mass is 348 g/mol.